The molecule has 22 heavy (non-hydrogen) atoms. The predicted octanol–water partition coefficient (Wildman–Crippen LogP) is 3.13. The van der Waals surface area contributed by atoms with Crippen LogP contribution in [0.3, 0.4) is 0 Å². The van der Waals surface area contributed by atoms with Gasteiger partial charge in [-0.3, -0.25) is 10.1 Å². The molecule has 0 unspecified atom stereocenters. The van der Waals surface area contributed by atoms with Crippen molar-refractivity contribution in [3.05, 3.63) is 47.5 Å². The normalized spacial score (nSPS) is 11.1. The molecule has 7 heteroatoms. The summed E-state index contributed by atoms with van der Waals surface area (Å²) in [5, 5.41) is 13.9. The summed E-state index contributed by atoms with van der Waals surface area (Å²) in [4.78, 5) is 16.8. The Morgan fingerprint density at radius 3 is 2.91 bits per heavy atom. The molecule has 6 nitrogen and oxygen atoms in total. The maximum absolute atomic E-state index is 12.3. The Morgan fingerprint density at radius 1 is 1.18 bits per heavy atom. The van der Waals surface area contributed by atoms with Crippen molar-refractivity contribution in [1.82, 2.24) is 20.4 Å². The van der Waals surface area contributed by atoms with E-state index in [4.69, 9.17) is 0 Å². The number of carbonyl (C=O) groups is 1. The molecule has 2 N–H and O–H groups in total. The molecular weight excluding hydrogens is 298 g/mol. The van der Waals surface area contributed by atoms with Gasteiger partial charge in [-0.15, -0.1) is 0 Å². The number of nitrogens with zero attached hydrogens (tertiary/aromatic N) is 3. The molecule has 4 aromatic rings. The topological polar surface area (TPSA) is 83.6 Å². The van der Waals surface area contributed by atoms with Crippen LogP contribution in [-0.2, 0) is 0 Å². The fourth-order valence-corrected chi connectivity index (χ4v) is 3.23. The maximum Gasteiger partial charge on any atom is 0.257 e. The molecule has 0 saturated carbocycles. The van der Waals surface area contributed by atoms with Crippen molar-refractivity contribution in [2.24, 2.45) is 0 Å². The highest BCUT2D eigenvalue weighted by Crippen LogP contribution is 2.28. The lowest BCUT2D eigenvalue weighted by atomic mass is 10.2. The van der Waals surface area contributed by atoms with Crippen LogP contribution in [0.1, 0.15) is 15.9 Å². The van der Waals surface area contributed by atoms with E-state index in [-0.39, 0.29) is 5.91 Å². The van der Waals surface area contributed by atoms with E-state index in [1.807, 2.05) is 25.1 Å². The van der Waals surface area contributed by atoms with Gasteiger partial charge in [-0.05, 0) is 36.8 Å². The first-order chi connectivity index (χ1) is 10.7. The van der Waals surface area contributed by atoms with E-state index < -0.39 is 0 Å². The Bertz CT molecular complexity index is 1000. The number of aromatic amines is 1. The summed E-state index contributed by atoms with van der Waals surface area (Å²) in [6.07, 6.45) is 0. The summed E-state index contributed by atoms with van der Waals surface area (Å²) in [6, 6.07) is 11.2. The molecule has 0 bridgehead atoms. The van der Waals surface area contributed by atoms with Gasteiger partial charge in [-0.25, -0.2) is 4.98 Å². The van der Waals surface area contributed by atoms with Crippen LogP contribution in [0.5, 0.6) is 0 Å². The monoisotopic (exact) mass is 309 g/mol. The number of para-hydroxylation sites is 1. The number of anilines is 1. The minimum Gasteiger partial charge on any atom is -0.298 e. The number of carbonyl (C=O) groups excluding carboxylic acids is 1. The van der Waals surface area contributed by atoms with Crippen molar-refractivity contribution < 1.29 is 4.79 Å². The van der Waals surface area contributed by atoms with E-state index >= 15 is 0 Å². The molecule has 2 aromatic heterocycles. The van der Waals surface area contributed by atoms with Crippen LogP contribution in [0, 0.1) is 6.92 Å². The fraction of sp³-hybridized carbons (Fsp3) is 0.0667. The van der Waals surface area contributed by atoms with Crippen LogP contribution < -0.4 is 5.32 Å². The quantitative estimate of drug-likeness (QED) is 0.596. The van der Waals surface area contributed by atoms with E-state index in [0.29, 0.717) is 16.2 Å². The number of H-pyrrole nitrogens is 1. The number of hydrogen-bond donors (Lipinski definition) is 2. The number of thiazole rings is 1. The third kappa shape index (κ3) is 2.11. The van der Waals surface area contributed by atoms with E-state index in [0.717, 1.165) is 21.3 Å². The van der Waals surface area contributed by atoms with Gasteiger partial charge in [0.25, 0.3) is 5.91 Å². The fourth-order valence-electron chi connectivity index (χ4n) is 2.29. The Hall–Kier alpha value is -2.80. The number of rotatable bonds is 2. The Kier molecular flexibility index (Phi) is 2.87. The summed E-state index contributed by atoms with van der Waals surface area (Å²) >= 11 is 1.46. The van der Waals surface area contributed by atoms with E-state index in [1.54, 1.807) is 18.2 Å². The predicted molar refractivity (Wildman–Crippen MR) is 86.2 cm³/mol. The SMILES string of the molecule is Cc1cccc2sc(NC(=O)c3ccc4n[nH]nc4c3)nc12. The van der Waals surface area contributed by atoms with Crippen molar-refractivity contribution in [3.63, 3.8) is 0 Å². The average Bonchev–Trinajstić information content (AvgIpc) is 3.13. The van der Waals surface area contributed by atoms with Gasteiger partial charge in [0.2, 0.25) is 0 Å². The first kappa shape index (κ1) is 12.9. The second-order valence-corrected chi connectivity index (χ2v) is 5.95. The van der Waals surface area contributed by atoms with E-state index in [1.165, 1.54) is 11.3 Å². The van der Waals surface area contributed by atoms with Crippen LogP contribution in [-0.4, -0.2) is 26.3 Å². The highest BCUT2D eigenvalue weighted by molar-refractivity contribution is 7.22. The molecule has 0 aliphatic rings. The number of aryl methyl sites for hydroxylation is 1. The lowest BCUT2D eigenvalue weighted by molar-refractivity contribution is 0.102. The van der Waals surface area contributed by atoms with Crippen molar-refractivity contribution in [1.29, 1.82) is 0 Å². The smallest absolute Gasteiger partial charge is 0.257 e. The van der Waals surface area contributed by atoms with Gasteiger partial charge >= 0.3 is 0 Å². The van der Waals surface area contributed by atoms with Gasteiger partial charge in [-0.1, -0.05) is 23.5 Å². The number of hydrogen-bond acceptors (Lipinski definition) is 5. The van der Waals surface area contributed by atoms with Gasteiger partial charge in [-0.2, -0.15) is 15.4 Å². The van der Waals surface area contributed by atoms with Gasteiger partial charge < -0.3 is 0 Å². The molecule has 4 rings (SSSR count). The first-order valence-electron chi connectivity index (χ1n) is 6.69. The summed E-state index contributed by atoms with van der Waals surface area (Å²) in [5.74, 6) is -0.207. The Labute approximate surface area is 129 Å². The summed E-state index contributed by atoms with van der Waals surface area (Å²) in [6.45, 7) is 2.01. The molecule has 0 aliphatic heterocycles. The average molecular weight is 309 g/mol. The zero-order valence-electron chi connectivity index (χ0n) is 11.6. The molecule has 0 aliphatic carbocycles. The van der Waals surface area contributed by atoms with E-state index in [9.17, 15) is 4.79 Å². The van der Waals surface area contributed by atoms with Crippen molar-refractivity contribution in [2.75, 3.05) is 5.32 Å². The molecule has 0 saturated heterocycles. The Morgan fingerprint density at radius 2 is 2.05 bits per heavy atom. The number of benzene rings is 2. The highest BCUT2D eigenvalue weighted by atomic mass is 32.1. The number of nitrogens with one attached hydrogen (secondary N) is 2. The van der Waals surface area contributed by atoms with Crippen molar-refractivity contribution in [2.45, 2.75) is 6.92 Å². The minimum absolute atomic E-state index is 0.207. The second kappa shape index (κ2) is 4.88. The van der Waals surface area contributed by atoms with Gasteiger partial charge in [0, 0.05) is 5.56 Å². The van der Waals surface area contributed by atoms with Crippen LogP contribution >= 0.6 is 11.3 Å². The number of amides is 1. The molecule has 2 aromatic carbocycles. The molecule has 2 heterocycles. The van der Waals surface area contributed by atoms with Crippen LogP contribution in [0.15, 0.2) is 36.4 Å². The second-order valence-electron chi connectivity index (χ2n) is 4.92. The molecule has 0 atom stereocenters. The molecule has 108 valence electrons. The number of fused-ring (bicyclic) bond motifs is 2. The van der Waals surface area contributed by atoms with Crippen LogP contribution in [0.2, 0.25) is 0 Å². The third-order valence-electron chi connectivity index (χ3n) is 3.42. The first-order valence-corrected chi connectivity index (χ1v) is 7.50. The minimum atomic E-state index is -0.207. The van der Waals surface area contributed by atoms with Crippen LogP contribution in [0.25, 0.3) is 21.3 Å². The lowest BCUT2D eigenvalue weighted by Gasteiger charge is -2.00. The maximum atomic E-state index is 12.3. The van der Waals surface area contributed by atoms with Gasteiger partial charge in [0.15, 0.2) is 5.13 Å². The largest absolute Gasteiger partial charge is 0.298 e. The van der Waals surface area contributed by atoms with E-state index in [2.05, 4.69) is 25.7 Å². The molecule has 0 spiro atoms. The standard InChI is InChI=1S/C15H11N5OS/c1-8-3-2-4-12-13(8)16-15(22-12)17-14(21)9-5-6-10-11(7-9)19-20-18-10/h2-7H,1H3,(H,16,17,21)(H,18,19,20). The van der Waals surface area contributed by atoms with Gasteiger partial charge in [0.1, 0.15) is 11.0 Å². The van der Waals surface area contributed by atoms with Gasteiger partial charge in [0.05, 0.1) is 10.2 Å². The zero-order chi connectivity index (χ0) is 15.1. The zero-order valence-corrected chi connectivity index (χ0v) is 12.4. The summed E-state index contributed by atoms with van der Waals surface area (Å²) in [7, 11) is 0. The number of aromatic nitrogens is 4. The van der Waals surface area contributed by atoms with Crippen molar-refractivity contribution in [3.8, 4) is 0 Å². The van der Waals surface area contributed by atoms with Crippen molar-refractivity contribution >= 4 is 43.6 Å². The third-order valence-corrected chi connectivity index (χ3v) is 4.36. The van der Waals surface area contributed by atoms with Crippen LogP contribution in [0.4, 0.5) is 5.13 Å². The lowest BCUT2D eigenvalue weighted by Crippen LogP contribution is -2.11. The molecular formula is C15H11N5OS. The summed E-state index contributed by atoms with van der Waals surface area (Å²) in [5.41, 5.74) is 3.94. The molecule has 1 amide bonds. The Balaban J connectivity index is 1.66. The molecule has 0 fully saturated rings. The summed E-state index contributed by atoms with van der Waals surface area (Å²) < 4.78 is 1.06. The molecule has 0 radical (unpaired) electrons. The highest BCUT2D eigenvalue weighted by Gasteiger charge is 2.12.